The van der Waals surface area contributed by atoms with Crippen LogP contribution in [0.15, 0.2) is 103 Å². The fraction of sp³-hybridized carbons (Fsp3) is 0.182. The number of aliphatic carboxylic acids is 1. The minimum atomic E-state index is -1.15. The zero-order valence-electron chi connectivity index (χ0n) is 22.1. The third kappa shape index (κ3) is 5.89. The number of rotatable bonds is 9. The third-order valence-electron chi connectivity index (χ3n) is 7.12. The highest BCUT2D eigenvalue weighted by Gasteiger charge is 2.32. The van der Waals surface area contributed by atoms with Crippen molar-refractivity contribution < 1.29 is 24.2 Å². The maximum Gasteiger partial charge on any atom is 0.408 e. The van der Waals surface area contributed by atoms with E-state index in [1.807, 2.05) is 85.8 Å². The van der Waals surface area contributed by atoms with Crippen molar-refractivity contribution in [3.63, 3.8) is 0 Å². The molecule has 0 aliphatic heterocycles. The number of benzene rings is 4. The zero-order chi connectivity index (χ0) is 28.1. The summed E-state index contributed by atoms with van der Waals surface area (Å²) in [6, 6.07) is 31.3. The predicted octanol–water partition coefficient (Wildman–Crippen LogP) is 5.69. The molecule has 5 rings (SSSR count). The molecule has 4 aromatic rings. The molecular weight excluding hydrogens is 504 g/mol. The first-order chi connectivity index (χ1) is 19.4. The molecular formula is C33H30N2O5. The Hall–Kier alpha value is -4.91. The maximum absolute atomic E-state index is 13.8. The molecule has 2 N–H and O–H groups in total. The monoisotopic (exact) mass is 534 g/mol. The number of carbonyl (C=O) groups excluding carboxylic acids is 2. The molecule has 0 saturated carbocycles. The van der Waals surface area contributed by atoms with Crippen LogP contribution in [0.25, 0.3) is 11.1 Å². The second-order valence-electron chi connectivity index (χ2n) is 9.89. The van der Waals surface area contributed by atoms with E-state index in [9.17, 15) is 19.5 Å². The number of ether oxygens (including phenoxy) is 1. The second-order valence-corrected chi connectivity index (χ2v) is 9.89. The van der Waals surface area contributed by atoms with Crippen LogP contribution in [0, 0.1) is 6.92 Å². The fourth-order valence-corrected chi connectivity index (χ4v) is 5.17. The number of nitrogens with zero attached hydrogens (tertiary/aromatic N) is 1. The summed E-state index contributed by atoms with van der Waals surface area (Å²) in [4.78, 5) is 39.8. The lowest BCUT2D eigenvalue weighted by Crippen LogP contribution is -2.44. The van der Waals surface area contributed by atoms with Crippen LogP contribution in [0.3, 0.4) is 0 Å². The molecule has 1 atom stereocenters. The molecule has 0 saturated heterocycles. The van der Waals surface area contributed by atoms with Crippen molar-refractivity contribution in [2.45, 2.75) is 25.4 Å². The minimum absolute atomic E-state index is 0.0840. The summed E-state index contributed by atoms with van der Waals surface area (Å²) in [6.07, 6.45) is -0.754. The van der Waals surface area contributed by atoms with E-state index < -0.39 is 30.6 Å². The molecule has 0 aromatic heterocycles. The number of hydrogen-bond donors (Lipinski definition) is 2. The van der Waals surface area contributed by atoms with Crippen LogP contribution in [0.1, 0.15) is 39.8 Å². The Labute approximate surface area is 233 Å². The van der Waals surface area contributed by atoms with Crippen molar-refractivity contribution in [2.75, 3.05) is 13.2 Å². The summed E-state index contributed by atoms with van der Waals surface area (Å²) in [5, 5.41) is 12.3. The highest BCUT2D eigenvalue weighted by molar-refractivity contribution is 5.89. The molecule has 202 valence electrons. The first-order valence-electron chi connectivity index (χ1n) is 13.1. The number of carboxylic acids is 1. The van der Waals surface area contributed by atoms with Gasteiger partial charge in [0.15, 0.2) is 0 Å². The van der Waals surface area contributed by atoms with E-state index in [4.69, 9.17) is 4.74 Å². The molecule has 1 unspecified atom stereocenters. The summed E-state index contributed by atoms with van der Waals surface area (Å²) in [6.45, 7) is 1.59. The van der Waals surface area contributed by atoms with Crippen LogP contribution in [0.2, 0.25) is 0 Å². The van der Waals surface area contributed by atoms with Gasteiger partial charge in [0.2, 0.25) is 0 Å². The Morgan fingerprint density at radius 1 is 0.825 bits per heavy atom. The predicted molar refractivity (Wildman–Crippen MR) is 152 cm³/mol. The van der Waals surface area contributed by atoms with Gasteiger partial charge < -0.3 is 20.1 Å². The van der Waals surface area contributed by atoms with Gasteiger partial charge in [-0.25, -0.2) is 4.79 Å². The van der Waals surface area contributed by atoms with Crippen LogP contribution in [-0.4, -0.2) is 41.1 Å². The topological polar surface area (TPSA) is 95.9 Å². The number of alkyl carbamates (subject to hydrolysis) is 1. The lowest BCUT2D eigenvalue weighted by molar-refractivity contribution is -0.145. The molecule has 0 bridgehead atoms. The van der Waals surface area contributed by atoms with Crippen LogP contribution in [0.4, 0.5) is 4.79 Å². The standard InChI is InChI=1S/C33H30N2O5/c1-22-15-17-24(18-16-22)31(32(38)35(20-30(36)37)19-23-9-3-2-4-10-23)34-33(39)40-21-29-27-13-7-5-11-25(27)26-12-6-8-14-28(26)29/h2-18,29,31H,19-21H2,1H3,(H,34,39)(H,36,37). The van der Waals surface area contributed by atoms with E-state index in [2.05, 4.69) is 17.4 Å². The Balaban J connectivity index is 1.36. The molecule has 0 spiro atoms. The summed E-state index contributed by atoms with van der Waals surface area (Å²) >= 11 is 0. The van der Waals surface area contributed by atoms with E-state index in [0.29, 0.717) is 5.56 Å². The Bertz CT molecular complexity index is 1470. The molecule has 0 heterocycles. The van der Waals surface area contributed by atoms with Gasteiger partial charge in [-0.3, -0.25) is 9.59 Å². The molecule has 0 fully saturated rings. The molecule has 7 nitrogen and oxygen atoms in total. The Morgan fingerprint density at radius 3 is 2.00 bits per heavy atom. The van der Waals surface area contributed by atoms with Crippen LogP contribution in [-0.2, 0) is 20.9 Å². The summed E-state index contributed by atoms with van der Waals surface area (Å²) < 4.78 is 5.71. The summed E-state index contributed by atoms with van der Waals surface area (Å²) in [5.74, 6) is -1.81. The number of hydrogen-bond acceptors (Lipinski definition) is 4. The highest BCUT2D eigenvalue weighted by atomic mass is 16.5. The molecule has 7 heteroatoms. The van der Waals surface area contributed by atoms with Crippen molar-refractivity contribution in [1.29, 1.82) is 0 Å². The van der Waals surface area contributed by atoms with Gasteiger partial charge >= 0.3 is 12.1 Å². The Morgan fingerprint density at radius 2 is 1.40 bits per heavy atom. The lowest BCUT2D eigenvalue weighted by atomic mass is 9.98. The molecule has 4 aromatic carbocycles. The van der Waals surface area contributed by atoms with Crippen molar-refractivity contribution in [2.24, 2.45) is 0 Å². The first kappa shape index (κ1) is 26.7. The van der Waals surface area contributed by atoms with E-state index >= 15 is 0 Å². The minimum Gasteiger partial charge on any atom is -0.480 e. The maximum atomic E-state index is 13.8. The number of carbonyl (C=O) groups is 3. The van der Waals surface area contributed by atoms with Crippen LogP contribution >= 0.6 is 0 Å². The van der Waals surface area contributed by atoms with Gasteiger partial charge in [0.25, 0.3) is 5.91 Å². The van der Waals surface area contributed by atoms with E-state index in [-0.39, 0.29) is 19.1 Å². The molecule has 1 aliphatic carbocycles. The number of fused-ring (bicyclic) bond motifs is 3. The van der Waals surface area contributed by atoms with Gasteiger partial charge in [-0.05, 0) is 40.3 Å². The Kier molecular flexibility index (Phi) is 7.92. The first-order valence-corrected chi connectivity index (χ1v) is 13.1. The van der Waals surface area contributed by atoms with E-state index in [1.54, 1.807) is 12.1 Å². The van der Waals surface area contributed by atoms with Gasteiger partial charge in [-0.15, -0.1) is 0 Å². The van der Waals surface area contributed by atoms with Crippen molar-refractivity contribution in [3.8, 4) is 11.1 Å². The normalized spacial score (nSPS) is 12.6. The quantitative estimate of drug-likeness (QED) is 0.288. The number of nitrogens with one attached hydrogen (secondary N) is 1. The summed E-state index contributed by atoms with van der Waals surface area (Å²) in [5.41, 5.74) is 6.70. The second kappa shape index (κ2) is 11.9. The van der Waals surface area contributed by atoms with Crippen LogP contribution < -0.4 is 5.32 Å². The van der Waals surface area contributed by atoms with Crippen molar-refractivity contribution in [1.82, 2.24) is 10.2 Å². The molecule has 40 heavy (non-hydrogen) atoms. The largest absolute Gasteiger partial charge is 0.480 e. The zero-order valence-corrected chi connectivity index (χ0v) is 22.1. The molecule has 0 radical (unpaired) electrons. The summed E-state index contributed by atoms with van der Waals surface area (Å²) in [7, 11) is 0. The van der Waals surface area contributed by atoms with E-state index in [0.717, 1.165) is 33.4 Å². The fourth-order valence-electron chi connectivity index (χ4n) is 5.17. The van der Waals surface area contributed by atoms with Crippen LogP contribution in [0.5, 0.6) is 0 Å². The van der Waals surface area contributed by atoms with E-state index in [1.165, 1.54) is 4.90 Å². The van der Waals surface area contributed by atoms with Gasteiger partial charge in [0, 0.05) is 12.5 Å². The average Bonchev–Trinajstić information content (AvgIpc) is 3.28. The highest BCUT2D eigenvalue weighted by Crippen LogP contribution is 2.44. The van der Waals surface area contributed by atoms with Gasteiger partial charge in [0.1, 0.15) is 19.2 Å². The number of amides is 2. The third-order valence-corrected chi connectivity index (χ3v) is 7.12. The SMILES string of the molecule is Cc1ccc(C(NC(=O)OCC2c3ccccc3-c3ccccc32)C(=O)N(CC(=O)O)Cc2ccccc2)cc1. The van der Waals surface area contributed by atoms with Gasteiger partial charge in [-0.1, -0.05) is 109 Å². The smallest absolute Gasteiger partial charge is 0.408 e. The number of carboxylic acid groups (broad SMARTS) is 1. The lowest BCUT2D eigenvalue weighted by Gasteiger charge is -2.27. The average molecular weight is 535 g/mol. The van der Waals surface area contributed by atoms with Crippen molar-refractivity contribution >= 4 is 18.0 Å². The van der Waals surface area contributed by atoms with Gasteiger partial charge in [-0.2, -0.15) is 0 Å². The number of aryl methyl sites for hydroxylation is 1. The molecule has 1 aliphatic rings. The molecule has 2 amide bonds. The van der Waals surface area contributed by atoms with Gasteiger partial charge in [0.05, 0.1) is 0 Å². The van der Waals surface area contributed by atoms with Crippen molar-refractivity contribution in [3.05, 3.63) is 131 Å².